The molecule has 0 spiro atoms. The summed E-state index contributed by atoms with van der Waals surface area (Å²) in [6, 6.07) is 18.0. The zero-order chi connectivity index (χ0) is 19.2. The molecule has 1 aliphatic heterocycles. The fourth-order valence-corrected chi connectivity index (χ4v) is 3.27. The van der Waals surface area contributed by atoms with Crippen LogP contribution in [0.3, 0.4) is 0 Å². The van der Waals surface area contributed by atoms with Gasteiger partial charge in [-0.1, -0.05) is 56.3 Å². The average Bonchev–Trinajstić information content (AvgIpc) is 2.69. The topological polar surface area (TPSA) is 52.7 Å². The number of carbonyl (C=O) groups excluding carboxylic acids is 2. The SMILES string of the molecule is CC(C)C(=O)N1CCN(CC(=O)Nc2ccc(-c3ccccc3)cc2)CC1. The van der Waals surface area contributed by atoms with E-state index in [1.54, 1.807) is 0 Å². The number of anilines is 1. The Labute approximate surface area is 161 Å². The van der Waals surface area contributed by atoms with Gasteiger partial charge in [-0.05, 0) is 23.3 Å². The first kappa shape index (κ1) is 19.1. The van der Waals surface area contributed by atoms with Gasteiger partial charge in [-0.2, -0.15) is 0 Å². The predicted octanol–water partition coefficient (Wildman–Crippen LogP) is 3.09. The molecule has 1 heterocycles. The van der Waals surface area contributed by atoms with Crippen molar-refractivity contribution < 1.29 is 9.59 Å². The molecule has 0 atom stereocenters. The van der Waals surface area contributed by atoms with Gasteiger partial charge in [0.2, 0.25) is 11.8 Å². The molecule has 2 amide bonds. The number of carbonyl (C=O) groups is 2. The van der Waals surface area contributed by atoms with Crippen LogP contribution in [0.15, 0.2) is 54.6 Å². The highest BCUT2D eigenvalue weighted by molar-refractivity contribution is 5.92. The Bertz CT molecular complexity index is 764. The highest BCUT2D eigenvalue weighted by Gasteiger charge is 2.23. The quantitative estimate of drug-likeness (QED) is 0.886. The second-order valence-electron chi connectivity index (χ2n) is 7.25. The molecule has 2 aromatic carbocycles. The number of nitrogens with zero attached hydrogens (tertiary/aromatic N) is 2. The lowest BCUT2D eigenvalue weighted by molar-refractivity contribution is -0.136. The Balaban J connectivity index is 1.48. The molecule has 142 valence electrons. The fourth-order valence-electron chi connectivity index (χ4n) is 3.27. The Morgan fingerprint density at radius 2 is 1.48 bits per heavy atom. The number of piperazine rings is 1. The maximum atomic E-state index is 12.3. The van der Waals surface area contributed by atoms with E-state index < -0.39 is 0 Å². The van der Waals surface area contributed by atoms with Crippen molar-refractivity contribution >= 4 is 17.5 Å². The fraction of sp³-hybridized carbons (Fsp3) is 0.364. The van der Waals surface area contributed by atoms with Crippen molar-refractivity contribution in [3.63, 3.8) is 0 Å². The summed E-state index contributed by atoms with van der Waals surface area (Å²) in [5, 5.41) is 2.96. The molecule has 5 heteroatoms. The van der Waals surface area contributed by atoms with Crippen LogP contribution in [-0.2, 0) is 9.59 Å². The van der Waals surface area contributed by atoms with Crippen molar-refractivity contribution in [2.75, 3.05) is 38.0 Å². The van der Waals surface area contributed by atoms with Crippen molar-refractivity contribution in [3.05, 3.63) is 54.6 Å². The molecule has 1 saturated heterocycles. The van der Waals surface area contributed by atoms with Crippen molar-refractivity contribution in [2.45, 2.75) is 13.8 Å². The summed E-state index contributed by atoms with van der Waals surface area (Å²) < 4.78 is 0. The van der Waals surface area contributed by atoms with Gasteiger partial charge in [-0.3, -0.25) is 14.5 Å². The number of benzene rings is 2. The minimum Gasteiger partial charge on any atom is -0.340 e. The van der Waals surface area contributed by atoms with Gasteiger partial charge in [0, 0.05) is 37.8 Å². The Kier molecular flexibility index (Phi) is 6.24. The second-order valence-corrected chi connectivity index (χ2v) is 7.25. The van der Waals surface area contributed by atoms with E-state index in [9.17, 15) is 9.59 Å². The van der Waals surface area contributed by atoms with Gasteiger partial charge in [0.25, 0.3) is 0 Å². The van der Waals surface area contributed by atoms with E-state index in [1.165, 1.54) is 0 Å². The summed E-state index contributed by atoms with van der Waals surface area (Å²) in [7, 11) is 0. The maximum Gasteiger partial charge on any atom is 0.238 e. The molecular weight excluding hydrogens is 338 g/mol. The third-order valence-corrected chi connectivity index (χ3v) is 4.82. The van der Waals surface area contributed by atoms with Gasteiger partial charge in [-0.15, -0.1) is 0 Å². The van der Waals surface area contributed by atoms with E-state index >= 15 is 0 Å². The van der Waals surface area contributed by atoms with Crippen LogP contribution in [0, 0.1) is 5.92 Å². The minimum atomic E-state index is -0.0221. The number of hydrogen-bond donors (Lipinski definition) is 1. The molecule has 1 aliphatic rings. The summed E-state index contributed by atoms with van der Waals surface area (Å²) in [4.78, 5) is 28.3. The molecule has 0 aromatic heterocycles. The summed E-state index contributed by atoms with van der Waals surface area (Å²) in [5.41, 5.74) is 3.08. The van der Waals surface area contributed by atoms with Gasteiger partial charge >= 0.3 is 0 Å². The van der Waals surface area contributed by atoms with Crippen molar-refractivity contribution in [3.8, 4) is 11.1 Å². The van der Waals surface area contributed by atoms with E-state index in [0.29, 0.717) is 19.6 Å². The summed E-state index contributed by atoms with van der Waals surface area (Å²) >= 11 is 0. The lowest BCUT2D eigenvalue weighted by atomic mass is 10.1. The van der Waals surface area contributed by atoms with Crippen molar-refractivity contribution in [1.29, 1.82) is 0 Å². The predicted molar refractivity (Wildman–Crippen MR) is 108 cm³/mol. The summed E-state index contributed by atoms with van der Waals surface area (Å²) in [5.74, 6) is 0.197. The Hall–Kier alpha value is -2.66. The molecule has 0 bridgehead atoms. The van der Waals surface area contributed by atoms with Gasteiger partial charge < -0.3 is 10.2 Å². The zero-order valence-electron chi connectivity index (χ0n) is 16.0. The van der Waals surface area contributed by atoms with Crippen LogP contribution in [0.1, 0.15) is 13.8 Å². The first-order chi connectivity index (χ1) is 13.0. The van der Waals surface area contributed by atoms with Crippen LogP contribution in [0.4, 0.5) is 5.69 Å². The van der Waals surface area contributed by atoms with E-state index in [2.05, 4.69) is 22.3 Å². The van der Waals surface area contributed by atoms with Crippen LogP contribution < -0.4 is 5.32 Å². The Morgan fingerprint density at radius 3 is 2.07 bits per heavy atom. The number of rotatable bonds is 5. The van der Waals surface area contributed by atoms with Crippen LogP contribution >= 0.6 is 0 Å². The lowest BCUT2D eigenvalue weighted by Gasteiger charge is -2.35. The van der Waals surface area contributed by atoms with E-state index in [-0.39, 0.29) is 17.7 Å². The molecule has 2 aromatic rings. The molecule has 5 nitrogen and oxygen atoms in total. The van der Waals surface area contributed by atoms with Gasteiger partial charge in [0.15, 0.2) is 0 Å². The molecule has 0 radical (unpaired) electrons. The average molecular weight is 365 g/mol. The normalized spacial score (nSPS) is 15.0. The molecular formula is C22H27N3O2. The minimum absolute atomic E-state index is 0.0221. The van der Waals surface area contributed by atoms with E-state index in [0.717, 1.165) is 29.9 Å². The zero-order valence-corrected chi connectivity index (χ0v) is 16.0. The summed E-state index contributed by atoms with van der Waals surface area (Å²) in [6.45, 7) is 7.05. The highest BCUT2D eigenvalue weighted by Crippen LogP contribution is 2.21. The van der Waals surface area contributed by atoms with Crippen LogP contribution in [0.25, 0.3) is 11.1 Å². The van der Waals surface area contributed by atoms with Gasteiger partial charge in [-0.25, -0.2) is 0 Å². The standard InChI is InChI=1S/C22H27N3O2/c1-17(2)22(27)25-14-12-24(13-15-25)16-21(26)23-20-10-8-19(9-11-20)18-6-4-3-5-7-18/h3-11,17H,12-16H2,1-2H3,(H,23,26). The van der Waals surface area contributed by atoms with Gasteiger partial charge in [0.1, 0.15) is 0 Å². The van der Waals surface area contributed by atoms with E-state index in [4.69, 9.17) is 0 Å². The number of nitrogens with one attached hydrogen (secondary N) is 1. The molecule has 1 N–H and O–H groups in total. The maximum absolute atomic E-state index is 12.3. The van der Waals surface area contributed by atoms with E-state index in [1.807, 2.05) is 61.2 Å². The third-order valence-electron chi connectivity index (χ3n) is 4.82. The van der Waals surface area contributed by atoms with Crippen LogP contribution in [0.2, 0.25) is 0 Å². The molecule has 0 saturated carbocycles. The third kappa shape index (κ3) is 5.17. The first-order valence-electron chi connectivity index (χ1n) is 9.49. The molecule has 0 aliphatic carbocycles. The second kappa shape index (κ2) is 8.82. The van der Waals surface area contributed by atoms with Crippen LogP contribution in [0.5, 0.6) is 0 Å². The highest BCUT2D eigenvalue weighted by atomic mass is 16.2. The Morgan fingerprint density at radius 1 is 0.889 bits per heavy atom. The van der Waals surface area contributed by atoms with Crippen molar-refractivity contribution in [1.82, 2.24) is 9.80 Å². The van der Waals surface area contributed by atoms with Crippen molar-refractivity contribution in [2.24, 2.45) is 5.92 Å². The first-order valence-corrected chi connectivity index (χ1v) is 9.49. The molecule has 0 unspecified atom stereocenters. The smallest absolute Gasteiger partial charge is 0.238 e. The number of hydrogen-bond acceptors (Lipinski definition) is 3. The molecule has 1 fully saturated rings. The van der Waals surface area contributed by atoms with Gasteiger partial charge in [0.05, 0.1) is 6.54 Å². The summed E-state index contributed by atoms with van der Waals surface area (Å²) in [6.07, 6.45) is 0. The van der Waals surface area contributed by atoms with Crippen LogP contribution in [-0.4, -0.2) is 54.3 Å². The largest absolute Gasteiger partial charge is 0.340 e. The number of amides is 2. The molecule has 3 rings (SSSR count). The monoisotopic (exact) mass is 365 g/mol. The lowest BCUT2D eigenvalue weighted by Crippen LogP contribution is -2.51. The molecule has 27 heavy (non-hydrogen) atoms.